The molecule has 0 aliphatic heterocycles. The summed E-state index contributed by atoms with van der Waals surface area (Å²) in [4.78, 5) is 21.0. The minimum atomic E-state index is -2.83. The molecule has 1 aromatic carbocycles. The fourth-order valence-corrected chi connectivity index (χ4v) is 6.89. The minimum Gasteiger partial charge on any atom is -0.327 e. The van der Waals surface area contributed by atoms with Crippen molar-refractivity contribution in [2.75, 3.05) is 11.6 Å². The molecular formula is C25H26F3N5O2S. The van der Waals surface area contributed by atoms with Crippen molar-refractivity contribution in [3.63, 3.8) is 0 Å². The average molecular weight is 518 g/mol. The van der Waals surface area contributed by atoms with E-state index >= 15 is 0 Å². The highest BCUT2D eigenvalue weighted by atomic mass is 32.2. The molecule has 11 heteroatoms. The Morgan fingerprint density at radius 2 is 1.81 bits per heavy atom. The molecule has 4 rings (SSSR count). The van der Waals surface area contributed by atoms with Gasteiger partial charge in [-0.05, 0) is 60.6 Å². The predicted octanol–water partition coefficient (Wildman–Crippen LogP) is 4.70. The van der Waals surface area contributed by atoms with E-state index in [9.17, 15) is 22.2 Å². The molecule has 7 nitrogen and oxygen atoms in total. The van der Waals surface area contributed by atoms with E-state index in [4.69, 9.17) is 10.5 Å². The fraction of sp³-hybridized carbons (Fsp3) is 0.320. The number of halogens is 3. The molecule has 190 valence electrons. The van der Waals surface area contributed by atoms with Crippen LogP contribution in [0, 0.1) is 28.1 Å². The van der Waals surface area contributed by atoms with Crippen LogP contribution < -0.4 is 11.1 Å². The summed E-state index contributed by atoms with van der Waals surface area (Å²) in [6.45, 7) is 1.92. The number of carbonyl (C=O) groups is 1. The first kappa shape index (κ1) is 25.8. The summed E-state index contributed by atoms with van der Waals surface area (Å²) < 4.78 is 63.3. The van der Waals surface area contributed by atoms with Gasteiger partial charge in [0.25, 0.3) is 5.91 Å². The van der Waals surface area contributed by atoms with Crippen molar-refractivity contribution in [3.8, 4) is 11.3 Å². The van der Waals surface area contributed by atoms with Crippen molar-refractivity contribution < 1.29 is 22.2 Å². The second-order valence-corrected chi connectivity index (χ2v) is 11.6. The van der Waals surface area contributed by atoms with Gasteiger partial charge in [-0.1, -0.05) is 13.0 Å². The van der Waals surface area contributed by atoms with Gasteiger partial charge in [-0.3, -0.25) is 14.6 Å². The minimum absolute atomic E-state index is 0.0811. The topological polar surface area (TPSA) is 122 Å². The molecule has 1 fully saturated rings. The third kappa shape index (κ3) is 5.12. The van der Waals surface area contributed by atoms with Crippen LogP contribution in [0.3, 0.4) is 0 Å². The zero-order chi connectivity index (χ0) is 26.2. The first-order valence-electron chi connectivity index (χ1n) is 11.3. The number of anilines is 1. The molecule has 0 radical (unpaired) electrons. The van der Waals surface area contributed by atoms with Crippen LogP contribution in [0.4, 0.5) is 18.9 Å². The zero-order valence-electron chi connectivity index (χ0n) is 19.7. The molecule has 36 heavy (non-hydrogen) atoms. The van der Waals surface area contributed by atoms with Crippen LogP contribution in [0.1, 0.15) is 41.7 Å². The molecule has 0 bridgehead atoms. The maximum absolute atomic E-state index is 14.4. The van der Waals surface area contributed by atoms with Gasteiger partial charge in [0.05, 0.1) is 22.7 Å². The summed E-state index contributed by atoms with van der Waals surface area (Å²) in [5.74, 6) is -3.86. The Bertz CT molecular complexity index is 1380. The van der Waals surface area contributed by atoms with Crippen molar-refractivity contribution >= 4 is 21.3 Å². The number of carbonyl (C=O) groups excluding carboxylic acids is 1. The van der Waals surface area contributed by atoms with Gasteiger partial charge in [0, 0.05) is 28.2 Å². The van der Waals surface area contributed by atoms with Crippen LogP contribution in [0.25, 0.3) is 11.3 Å². The summed E-state index contributed by atoms with van der Waals surface area (Å²) in [6, 6.07) is 6.45. The van der Waals surface area contributed by atoms with E-state index < -0.39 is 55.6 Å². The lowest BCUT2D eigenvalue weighted by atomic mass is 9.76. The van der Waals surface area contributed by atoms with Crippen molar-refractivity contribution in [1.29, 1.82) is 4.78 Å². The van der Waals surface area contributed by atoms with Crippen LogP contribution in [0.5, 0.6) is 0 Å². The van der Waals surface area contributed by atoms with Gasteiger partial charge in [-0.2, -0.15) is 0 Å². The Kier molecular flexibility index (Phi) is 7.14. The van der Waals surface area contributed by atoms with Crippen molar-refractivity contribution in [3.05, 3.63) is 77.5 Å². The average Bonchev–Trinajstić information content (AvgIpc) is 2.79. The van der Waals surface area contributed by atoms with Crippen LogP contribution in [-0.2, 0) is 9.73 Å². The Hall–Kier alpha value is -3.31. The number of nitrogens with zero attached hydrogens (tertiary/aromatic N) is 2. The predicted molar refractivity (Wildman–Crippen MR) is 131 cm³/mol. The fourth-order valence-electron chi connectivity index (χ4n) is 5.11. The molecule has 1 aliphatic carbocycles. The maximum atomic E-state index is 14.4. The summed E-state index contributed by atoms with van der Waals surface area (Å²) in [7, 11) is -2.83. The maximum Gasteiger partial charge on any atom is 0.274 e. The Balaban J connectivity index is 1.62. The second kappa shape index (κ2) is 9.98. The normalized spacial score (nSPS) is 23.6. The van der Waals surface area contributed by atoms with Crippen molar-refractivity contribution in [2.24, 2.45) is 11.7 Å². The molecule has 0 spiro atoms. The molecule has 2 heterocycles. The number of nitrogens with one attached hydrogen (secondary N) is 2. The summed E-state index contributed by atoms with van der Waals surface area (Å²) in [5, 5.41) is 2.28. The molecule has 4 N–H and O–H groups in total. The van der Waals surface area contributed by atoms with Gasteiger partial charge in [-0.15, -0.1) is 0 Å². The second-order valence-electron chi connectivity index (χ2n) is 9.22. The van der Waals surface area contributed by atoms with E-state index in [-0.39, 0.29) is 17.5 Å². The molecule has 1 amide bonds. The number of aromatic nitrogens is 2. The van der Waals surface area contributed by atoms with Gasteiger partial charge in [0.1, 0.15) is 28.8 Å². The van der Waals surface area contributed by atoms with Crippen molar-refractivity contribution in [2.45, 2.75) is 37.0 Å². The molecule has 1 aliphatic rings. The number of amides is 1. The van der Waals surface area contributed by atoms with E-state index in [0.29, 0.717) is 18.5 Å². The standard InChI is InChI=1S/C25H26F3N5O2S/c1-13-10-14(11-19(29)24(13)36(2,30)35)15-8-9-31-12-21(15)33-25(34)20-7-6-18(28)23(32-20)22-16(26)4-3-5-17(22)27/h3-9,12-14,19,24,30H,10-11,29H2,1-2H3,(H,33,34)/t13-,14+,19+,24-,36?/m0/s1. The lowest BCUT2D eigenvalue weighted by Gasteiger charge is -2.39. The van der Waals surface area contributed by atoms with Crippen molar-refractivity contribution in [1.82, 2.24) is 9.97 Å². The van der Waals surface area contributed by atoms with Gasteiger partial charge in [-0.25, -0.2) is 22.4 Å². The first-order chi connectivity index (χ1) is 17.0. The molecule has 3 aromatic rings. The van der Waals surface area contributed by atoms with E-state index in [1.807, 2.05) is 6.92 Å². The molecular weight excluding hydrogens is 491 g/mol. The van der Waals surface area contributed by atoms with Gasteiger partial charge >= 0.3 is 0 Å². The zero-order valence-corrected chi connectivity index (χ0v) is 20.5. The smallest absolute Gasteiger partial charge is 0.274 e. The SMILES string of the molecule is C[C@H]1C[C@@H](c2ccncc2NC(=O)c2ccc(F)c(-c3c(F)cccc3F)n2)C[C@@H](N)[C@H]1S(C)(=N)=O. The number of nitrogens with two attached hydrogens (primary N) is 1. The number of rotatable bonds is 5. The van der Waals surface area contributed by atoms with Crippen LogP contribution in [0.2, 0.25) is 0 Å². The Morgan fingerprint density at radius 1 is 1.11 bits per heavy atom. The molecule has 1 unspecified atom stereocenters. The van der Waals surface area contributed by atoms with E-state index in [1.165, 1.54) is 12.5 Å². The quantitative estimate of drug-likeness (QED) is 0.453. The van der Waals surface area contributed by atoms with Gasteiger partial charge < -0.3 is 11.1 Å². The lowest BCUT2D eigenvalue weighted by molar-refractivity contribution is 0.102. The van der Waals surface area contributed by atoms with E-state index in [1.54, 1.807) is 12.3 Å². The Labute approximate surface area is 207 Å². The molecule has 2 aromatic heterocycles. The highest BCUT2D eigenvalue weighted by Crippen LogP contribution is 2.40. The summed E-state index contributed by atoms with van der Waals surface area (Å²) in [6.07, 6.45) is 5.53. The molecule has 1 saturated carbocycles. The lowest BCUT2D eigenvalue weighted by Crippen LogP contribution is -2.48. The first-order valence-corrected chi connectivity index (χ1v) is 13.3. The van der Waals surface area contributed by atoms with Gasteiger partial charge in [0.15, 0.2) is 0 Å². The third-order valence-corrected chi connectivity index (χ3v) is 8.39. The number of hydrogen-bond acceptors (Lipinski definition) is 6. The highest BCUT2D eigenvalue weighted by molar-refractivity contribution is 7.92. The summed E-state index contributed by atoms with van der Waals surface area (Å²) in [5.41, 5.74) is 5.97. The third-order valence-electron chi connectivity index (χ3n) is 6.54. The number of hydrogen-bond donors (Lipinski definition) is 3. The highest BCUT2D eigenvalue weighted by Gasteiger charge is 2.39. The van der Waals surface area contributed by atoms with Crippen LogP contribution in [-0.4, -0.2) is 37.6 Å². The molecule has 0 saturated heterocycles. The number of pyridine rings is 2. The van der Waals surface area contributed by atoms with E-state index in [0.717, 1.165) is 35.9 Å². The van der Waals surface area contributed by atoms with E-state index in [2.05, 4.69) is 15.3 Å². The van der Waals surface area contributed by atoms with Crippen LogP contribution in [0.15, 0.2) is 48.8 Å². The Morgan fingerprint density at radius 3 is 2.44 bits per heavy atom. The summed E-state index contributed by atoms with van der Waals surface area (Å²) >= 11 is 0. The largest absolute Gasteiger partial charge is 0.327 e. The number of benzene rings is 1. The monoisotopic (exact) mass is 517 g/mol. The van der Waals surface area contributed by atoms with Gasteiger partial charge in [0.2, 0.25) is 0 Å². The van der Waals surface area contributed by atoms with Crippen LogP contribution >= 0.6 is 0 Å². The molecule has 5 atom stereocenters.